The summed E-state index contributed by atoms with van der Waals surface area (Å²) in [7, 11) is 0. The Balaban J connectivity index is 2.30. The van der Waals surface area contributed by atoms with E-state index in [1.54, 1.807) is 0 Å². The fraction of sp³-hybridized carbons (Fsp3) is 1.00. The summed E-state index contributed by atoms with van der Waals surface area (Å²) in [6.45, 7) is 10.3. The number of piperidine rings is 1. The van der Waals surface area contributed by atoms with Crippen LogP contribution in [0.2, 0.25) is 0 Å². The Morgan fingerprint density at radius 3 is 2.67 bits per heavy atom. The second-order valence-corrected chi connectivity index (χ2v) is 5.00. The summed E-state index contributed by atoms with van der Waals surface area (Å²) in [5.74, 6) is 1.47. The number of hydrogen-bond acceptors (Lipinski definition) is 1. The highest BCUT2D eigenvalue weighted by Crippen LogP contribution is 2.22. The minimum absolute atomic E-state index is 0.373. The molecule has 1 nitrogen and oxygen atoms in total. The van der Waals surface area contributed by atoms with Crippen molar-refractivity contribution in [3.05, 3.63) is 0 Å². The summed E-state index contributed by atoms with van der Waals surface area (Å²) in [6, 6.07) is 0. The van der Waals surface area contributed by atoms with E-state index in [1.807, 2.05) is 0 Å². The number of nitrogens with zero attached hydrogens (tertiary/aromatic N) is 1. The lowest BCUT2D eigenvalue weighted by Gasteiger charge is -2.34. The van der Waals surface area contributed by atoms with Crippen molar-refractivity contribution in [1.82, 2.24) is 4.90 Å². The Morgan fingerprint density at radius 2 is 2.17 bits per heavy atom. The first-order valence-corrected chi connectivity index (χ1v) is 5.39. The van der Waals surface area contributed by atoms with Gasteiger partial charge in [0, 0.05) is 18.5 Å². The van der Waals surface area contributed by atoms with E-state index in [1.165, 1.54) is 19.5 Å². The van der Waals surface area contributed by atoms with Crippen LogP contribution in [-0.4, -0.2) is 29.9 Å². The molecule has 0 amide bonds. The number of halogens is 1. The van der Waals surface area contributed by atoms with Crippen LogP contribution in [0.4, 0.5) is 0 Å². The molecule has 1 heterocycles. The highest BCUT2D eigenvalue weighted by molar-refractivity contribution is 6.21. The van der Waals surface area contributed by atoms with Gasteiger partial charge >= 0.3 is 0 Å². The van der Waals surface area contributed by atoms with Crippen molar-refractivity contribution < 1.29 is 0 Å². The number of alkyl halides is 1. The molecule has 0 aromatic rings. The van der Waals surface area contributed by atoms with E-state index in [-0.39, 0.29) is 0 Å². The molecule has 72 valence electrons. The standard InChI is InChI=1S/C10H20ClN/c1-8(2)6-12-5-4-9(3)10(11)7-12/h8-10H,4-7H2,1-3H3. The Hall–Kier alpha value is 0.250. The zero-order valence-corrected chi connectivity index (χ0v) is 9.14. The molecule has 1 aliphatic rings. The third-order valence-corrected chi connectivity index (χ3v) is 3.14. The molecule has 0 spiro atoms. The highest BCUT2D eigenvalue weighted by Gasteiger charge is 2.24. The second kappa shape index (κ2) is 4.48. The molecule has 1 rings (SSSR count). The minimum atomic E-state index is 0.373. The van der Waals surface area contributed by atoms with Crippen LogP contribution >= 0.6 is 11.6 Å². The van der Waals surface area contributed by atoms with Gasteiger partial charge in [0.15, 0.2) is 0 Å². The molecule has 2 atom stereocenters. The monoisotopic (exact) mass is 189 g/mol. The third kappa shape index (κ3) is 2.95. The summed E-state index contributed by atoms with van der Waals surface area (Å²) < 4.78 is 0. The molecule has 0 aromatic heterocycles. The van der Waals surface area contributed by atoms with E-state index in [2.05, 4.69) is 25.7 Å². The molecule has 2 heteroatoms. The van der Waals surface area contributed by atoms with Crippen molar-refractivity contribution >= 4 is 11.6 Å². The van der Waals surface area contributed by atoms with Gasteiger partial charge < -0.3 is 4.90 Å². The third-order valence-electron chi connectivity index (χ3n) is 2.57. The first-order valence-electron chi connectivity index (χ1n) is 4.96. The topological polar surface area (TPSA) is 3.24 Å². The quantitative estimate of drug-likeness (QED) is 0.604. The molecule has 0 aromatic carbocycles. The molecule has 0 radical (unpaired) electrons. The Labute approximate surface area is 81.1 Å². The van der Waals surface area contributed by atoms with E-state index in [0.717, 1.165) is 12.5 Å². The molecule has 0 N–H and O–H groups in total. The summed E-state index contributed by atoms with van der Waals surface area (Å²) in [6.07, 6.45) is 1.26. The number of hydrogen-bond donors (Lipinski definition) is 0. The lowest BCUT2D eigenvalue weighted by molar-refractivity contribution is 0.178. The van der Waals surface area contributed by atoms with Gasteiger partial charge in [-0.3, -0.25) is 0 Å². The predicted octanol–water partition coefficient (Wildman–Crippen LogP) is 2.59. The number of rotatable bonds is 2. The van der Waals surface area contributed by atoms with E-state index in [0.29, 0.717) is 11.3 Å². The second-order valence-electron chi connectivity index (χ2n) is 4.44. The van der Waals surface area contributed by atoms with E-state index >= 15 is 0 Å². The van der Waals surface area contributed by atoms with Crippen LogP contribution in [0.15, 0.2) is 0 Å². The molecular weight excluding hydrogens is 170 g/mol. The van der Waals surface area contributed by atoms with Gasteiger partial charge in [-0.05, 0) is 24.8 Å². The molecule has 0 saturated carbocycles. The van der Waals surface area contributed by atoms with Gasteiger partial charge in [-0.1, -0.05) is 20.8 Å². The Bertz CT molecular complexity index is 136. The van der Waals surface area contributed by atoms with Crippen LogP contribution in [0.3, 0.4) is 0 Å². The lowest BCUT2D eigenvalue weighted by atomic mass is 9.98. The zero-order chi connectivity index (χ0) is 9.14. The molecule has 1 fully saturated rings. The predicted molar refractivity (Wildman–Crippen MR) is 54.7 cm³/mol. The lowest BCUT2D eigenvalue weighted by Crippen LogP contribution is -2.41. The number of likely N-dealkylation sites (tertiary alicyclic amines) is 1. The van der Waals surface area contributed by atoms with Crippen molar-refractivity contribution in [3.8, 4) is 0 Å². The van der Waals surface area contributed by atoms with Crippen LogP contribution in [0.25, 0.3) is 0 Å². The van der Waals surface area contributed by atoms with Crippen molar-refractivity contribution in [1.29, 1.82) is 0 Å². The molecule has 0 bridgehead atoms. The van der Waals surface area contributed by atoms with Crippen molar-refractivity contribution in [2.24, 2.45) is 11.8 Å². The van der Waals surface area contributed by atoms with Crippen LogP contribution in [0.5, 0.6) is 0 Å². The van der Waals surface area contributed by atoms with Gasteiger partial charge in [0.2, 0.25) is 0 Å². The fourth-order valence-corrected chi connectivity index (χ4v) is 2.09. The first kappa shape index (κ1) is 10.3. The van der Waals surface area contributed by atoms with Gasteiger partial charge in [0.1, 0.15) is 0 Å². The van der Waals surface area contributed by atoms with Gasteiger partial charge in [-0.2, -0.15) is 0 Å². The average Bonchev–Trinajstić information content (AvgIpc) is 1.96. The van der Waals surface area contributed by atoms with Gasteiger partial charge in [-0.25, -0.2) is 0 Å². The van der Waals surface area contributed by atoms with Crippen LogP contribution in [0.1, 0.15) is 27.2 Å². The Kier molecular flexibility index (Phi) is 3.85. The van der Waals surface area contributed by atoms with Crippen LogP contribution in [0, 0.1) is 11.8 Å². The zero-order valence-electron chi connectivity index (χ0n) is 8.39. The molecule has 1 aliphatic heterocycles. The van der Waals surface area contributed by atoms with Crippen molar-refractivity contribution in [2.45, 2.75) is 32.6 Å². The molecule has 2 unspecified atom stereocenters. The maximum atomic E-state index is 6.20. The molecule has 0 aliphatic carbocycles. The SMILES string of the molecule is CC(C)CN1CCC(C)C(Cl)C1. The summed E-state index contributed by atoms with van der Waals surface area (Å²) in [4.78, 5) is 2.49. The van der Waals surface area contributed by atoms with Gasteiger partial charge in [0.25, 0.3) is 0 Å². The maximum absolute atomic E-state index is 6.20. The van der Waals surface area contributed by atoms with Crippen molar-refractivity contribution in [3.63, 3.8) is 0 Å². The van der Waals surface area contributed by atoms with Gasteiger partial charge in [-0.15, -0.1) is 11.6 Å². The fourth-order valence-electron chi connectivity index (χ4n) is 1.77. The minimum Gasteiger partial charge on any atom is -0.302 e. The van der Waals surface area contributed by atoms with Crippen molar-refractivity contribution in [2.75, 3.05) is 19.6 Å². The van der Waals surface area contributed by atoms with E-state index in [9.17, 15) is 0 Å². The molecular formula is C10H20ClN. The van der Waals surface area contributed by atoms with E-state index in [4.69, 9.17) is 11.6 Å². The van der Waals surface area contributed by atoms with Crippen LogP contribution < -0.4 is 0 Å². The Morgan fingerprint density at radius 1 is 1.50 bits per heavy atom. The summed E-state index contributed by atoms with van der Waals surface area (Å²) in [5.41, 5.74) is 0. The molecule has 1 saturated heterocycles. The van der Waals surface area contributed by atoms with Gasteiger partial charge in [0.05, 0.1) is 0 Å². The molecule has 12 heavy (non-hydrogen) atoms. The summed E-state index contributed by atoms with van der Waals surface area (Å²) in [5, 5.41) is 0.373. The largest absolute Gasteiger partial charge is 0.302 e. The van der Waals surface area contributed by atoms with Crippen LogP contribution in [-0.2, 0) is 0 Å². The first-order chi connectivity index (χ1) is 5.59. The summed E-state index contributed by atoms with van der Waals surface area (Å²) >= 11 is 6.20. The van der Waals surface area contributed by atoms with E-state index < -0.39 is 0 Å². The maximum Gasteiger partial charge on any atom is 0.0489 e. The average molecular weight is 190 g/mol. The smallest absolute Gasteiger partial charge is 0.0489 e. The normalized spacial score (nSPS) is 32.8. The highest BCUT2D eigenvalue weighted by atomic mass is 35.5.